The van der Waals surface area contributed by atoms with E-state index in [9.17, 15) is 5.11 Å². The van der Waals surface area contributed by atoms with Gasteiger partial charge in [-0.2, -0.15) is 5.10 Å². The maximum Gasteiger partial charge on any atom is 0.0668 e. The van der Waals surface area contributed by atoms with Crippen LogP contribution in [0.25, 0.3) is 6.08 Å². The van der Waals surface area contributed by atoms with Crippen molar-refractivity contribution in [1.82, 2.24) is 9.78 Å². The molecule has 1 aromatic rings. The van der Waals surface area contributed by atoms with E-state index in [1.54, 1.807) is 0 Å². The quantitative estimate of drug-likeness (QED) is 0.825. The first kappa shape index (κ1) is 12.0. The molecule has 0 aliphatic carbocycles. The van der Waals surface area contributed by atoms with E-state index in [0.29, 0.717) is 5.92 Å². The van der Waals surface area contributed by atoms with E-state index in [0.717, 1.165) is 22.5 Å². The van der Waals surface area contributed by atoms with Gasteiger partial charge in [-0.15, -0.1) is 0 Å². The van der Waals surface area contributed by atoms with Crippen molar-refractivity contribution in [2.24, 2.45) is 13.0 Å². The molecule has 0 aromatic carbocycles. The van der Waals surface area contributed by atoms with Crippen LogP contribution in [0.1, 0.15) is 30.8 Å². The van der Waals surface area contributed by atoms with Gasteiger partial charge in [0.15, 0.2) is 0 Å². The average Bonchev–Trinajstić information content (AvgIpc) is 2.39. The van der Waals surface area contributed by atoms with Crippen molar-refractivity contribution in [1.29, 1.82) is 0 Å². The Morgan fingerprint density at radius 3 is 2.40 bits per heavy atom. The number of rotatable bonds is 3. The molecule has 1 rings (SSSR count). The smallest absolute Gasteiger partial charge is 0.0668 e. The Kier molecular flexibility index (Phi) is 3.69. The van der Waals surface area contributed by atoms with Crippen molar-refractivity contribution in [3.63, 3.8) is 0 Å². The van der Waals surface area contributed by atoms with E-state index in [1.807, 2.05) is 25.6 Å². The summed E-state index contributed by atoms with van der Waals surface area (Å²) in [5, 5.41) is 13.6. The molecule has 1 aromatic heterocycles. The monoisotopic (exact) mass is 208 g/mol. The summed E-state index contributed by atoms with van der Waals surface area (Å²) in [7, 11) is 1.94. The van der Waals surface area contributed by atoms with Crippen molar-refractivity contribution in [3.8, 4) is 0 Å². The van der Waals surface area contributed by atoms with Crippen LogP contribution in [0, 0.1) is 19.8 Å². The molecule has 0 amide bonds. The Morgan fingerprint density at radius 1 is 1.47 bits per heavy atom. The Morgan fingerprint density at radius 2 is 2.07 bits per heavy atom. The van der Waals surface area contributed by atoms with Crippen molar-refractivity contribution in [2.75, 3.05) is 6.61 Å². The lowest BCUT2D eigenvalue weighted by Crippen LogP contribution is -1.99. The zero-order valence-electron chi connectivity index (χ0n) is 10.2. The first-order valence-corrected chi connectivity index (χ1v) is 5.28. The van der Waals surface area contributed by atoms with Gasteiger partial charge in [-0.3, -0.25) is 4.68 Å². The number of aliphatic hydroxyl groups excluding tert-OH is 1. The predicted octanol–water partition coefficient (Wildman–Crippen LogP) is 2.07. The normalized spacial score (nSPS) is 12.6. The molecule has 1 N–H and O–H groups in total. The SMILES string of the molecule is Cc1nn(C)c(C)c1C=C(CO)C(C)C. The molecule has 0 radical (unpaired) electrons. The van der Waals surface area contributed by atoms with Crippen LogP contribution in [-0.2, 0) is 7.05 Å². The maximum absolute atomic E-state index is 9.25. The highest BCUT2D eigenvalue weighted by Crippen LogP contribution is 2.19. The lowest BCUT2D eigenvalue weighted by atomic mass is 10.0. The molecule has 0 bridgehead atoms. The summed E-state index contributed by atoms with van der Waals surface area (Å²) in [4.78, 5) is 0. The number of hydrogen-bond donors (Lipinski definition) is 1. The largest absolute Gasteiger partial charge is 0.392 e. The van der Waals surface area contributed by atoms with E-state index >= 15 is 0 Å². The molecule has 3 heteroatoms. The molecule has 3 nitrogen and oxygen atoms in total. The molecule has 84 valence electrons. The average molecular weight is 208 g/mol. The van der Waals surface area contributed by atoms with Crippen LogP contribution in [0.4, 0.5) is 0 Å². The molecule has 15 heavy (non-hydrogen) atoms. The van der Waals surface area contributed by atoms with Crippen molar-refractivity contribution in [3.05, 3.63) is 22.5 Å². The fraction of sp³-hybridized carbons (Fsp3) is 0.583. The lowest BCUT2D eigenvalue weighted by molar-refractivity contribution is 0.320. The Balaban J connectivity index is 3.16. The van der Waals surface area contributed by atoms with Crippen LogP contribution in [0.3, 0.4) is 0 Å². The maximum atomic E-state index is 9.25. The number of aryl methyl sites for hydroxylation is 2. The lowest BCUT2D eigenvalue weighted by Gasteiger charge is -2.08. The second-order valence-electron chi connectivity index (χ2n) is 4.24. The Hall–Kier alpha value is -1.09. The summed E-state index contributed by atoms with van der Waals surface area (Å²) in [6.45, 7) is 8.33. The van der Waals surface area contributed by atoms with Crippen molar-refractivity contribution in [2.45, 2.75) is 27.7 Å². The van der Waals surface area contributed by atoms with E-state index in [-0.39, 0.29) is 6.61 Å². The predicted molar refractivity (Wildman–Crippen MR) is 62.6 cm³/mol. The summed E-state index contributed by atoms with van der Waals surface area (Å²) < 4.78 is 1.87. The van der Waals surface area contributed by atoms with Gasteiger partial charge in [-0.05, 0) is 31.4 Å². The van der Waals surface area contributed by atoms with Gasteiger partial charge in [0.25, 0.3) is 0 Å². The fourth-order valence-corrected chi connectivity index (χ4v) is 1.58. The van der Waals surface area contributed by atoms with Crippen molar-refractivity contribution >= 4 is 6.08 Å². The number of hydrogen-bond acceptors (Lipinski definition) is 2. The summed E-state index contributed by atoms with van der Waals surface area (Å²) in [5.41, 5.74) is 4.34. The first-order valence-electron chi connectivity index (χ1n) is 5.28. The van der Waals surface area contributed by atoms with E-state index in [2.05, 4.69) is 25.0 Å². The summed E-state index contributed by atoms with van der Waals surface area (Å²) in [6, 6.07) is 0. The van der Waals surface area contributed by atoms with Gasteiger partial charge in [0.1, 0.15) is 0 Å². The molecule has 0 saturated carbocycles. The van der Waals surface area contributed by atoms with Crippen LogP contribution >= 0.6 is 0 Å². The third-order valence-corrected chi connectivity index (χ3v) is 2.82. The van der Waals surface area contributed by atoms with Gasteiger partial charge < -0.3 is 5.11 Å². The third kappa shape index (κ3) is 2.48. The highest BCUT2D eigenvalue weighted by Gasteiger charge is 2.09. The summed E-state index contributed by atoms with van der Waals surface area (Å²) in [5.74, 6) is 0.369. The van der Waals surface area contributed by atoms with Gasteiger partial charge in [-0.1, -0.05) is 13.8 Å². The third-order valence-electron chi connectivity index (χ3n) is 2.82. The van der Waals surface area contributed by atoms with E-state index in [4.69, 9.17) is 0 Å². The molecule has 0 spiro atoms. The molecule has 0 saturated heterocycles. The summed E-state index contributed by atoms with van der Waals surface area (Å²) in [6.07, 6.45) is 2.06. The molecule has 0 atom stereocenters. The topological polar surface area (TPSA) is 38.0 Å². The van der Waals surface area contributed by atoms with Crippen LogP contribution in [-0.4, -0.2) is 21.5 Å². The van der Waals surface area contributed by atoms with Crippen molar-refractivity contribution < 1.29 is 5.11 Å². The number of aliphatic hydroxyl groups is 1. The fourth-order valence-electron chi connectivity index (χ4n) is 1.58. The number of aromatic nitrogens is 2. The molecular weight excluding hydrogens is 188 g/mol. The van der Waals surface area contributed by atoms with Crippen LogP contribution in [0.5, 0.6) is 0 Å². The highest BCUT2D eigenvalue weighted by molar-refractivity contribution is 5.57. The van der Waals surface area contributed by atoms with Crippen LogP contribution in [0.15, 0.2) is 5.57 Å². The molecule has 0 aliphatic heterocycles. The van der Waals surface area contributed by atoms with Gasteiger partial charge in [0, 0.05) is 18.3 Å². The minimum absolute atomic E-state index is 0.117. The van der Waals surface area contributed by atoms with Crippen LogP contribution in [0.2, 0.25) is 0 Å². The zero-order valence-corrected chi connectivity index (χ0v) is 10.2. The zero-order chi connectivity index (χ0) is 11.6. The van der Waals surface area contributed by atoms with Crippen LogP contribution < -0.4 is 0 Å². The second-order valence-corrected chi connectivity index (χ2v) is 4.24. The van der Waals surface area contributed by atoms with E-state index in [1.165, 1.54) is 0 Å². The summed E-state index contributed by atoms with van der Waals surface area (Å²) >= 11 is 0. The Bertz CT molecular complexity index is 375. The minimum atomic E-state index is 0.117. The first-order chi connectivity index (χ1) is 6.97. The minimum Gasteiger partial charge on any atom is -0.392 e. The molecule has 0 unspecified atom stereocenters. The molecule has 1 heterocycles. The number of nitrogens with zero attached hydrogens (tertiary/aromatic N) is 2. The Labute approximate surface area is 91.4 Å². The van der Waals surface area contributed by atoms with Gasteiger partial charge >= 0.3 is 0 Å². The molecule has 0 fully saturated rings. The van der Waals surface area contributed by atoms with Gasteiger partial charge in [0.05, 0.1) is 12.3 Å². The van der Waals surface area contributed by atoms with Gasteiger partial charge in [0.2, 0.25) is 0 Å². The molecular formula is C12H20N2O. The standard InChI is InChI=1S/C12H20N2O/c1-8(2)11(7-15)6-12-9(3)13-14(5)10(12)4/h6,8,15H,7H2,1-5H3. The van der Waals surface area contributed by atoms with Gasteiger partial charge in [-0.25, -0.2) is 0 Å². The molecule has 0 aliphatic rings. The van der Waals surface area contributed by atoms with E-state index < -0.39 is 0 Å². The highest BCUT2D eigenvalue weighted by atomic mass is 16.3. The second kappa shape index (κ2) is 4.62.